The van der Waals surface area contributed by atoms with Crippen LogP contribution < -0.4 is 15.8 Å². The molecule has 1 aromatic carbocycles. The quantitative estimate of drug-likeness (QED) is 0.735. The predicted octanol–water partition coefficient (Wildman–Crippen LogP) is 3.26. The van der Waals surface area contributed by atoms with Crippen LogP contribution in [0.1, 0.15) is 24.6 Å². The number of aromatic nitrogens is 2. The Bertz CT molecular complexity index is 1020. The van der Waals surface area contributed by atoms with Gasteiger partial charge in [-0.25, -0.2) is 4.98 Å². The number of hydrogen-bond acceptors (Lipinski definition) is 5. The summed E-state index contributed by atoms with van der Waals surface area (Å²) in [5, 5.41) is 3.44. The smallest absolute Gasteiger partial charge is 0.262 e. The summed E-state index contributed by atoms with van der Waals surface area (Å²) >= 11 is 1.52. The van der Waals surface area contributed by atoms with Crippen LogP contribution in [0.25, 0.3) is 10.2 Å². The fourth-order valence-corrected chi connectivity index (χ4v) is 4.31. The Morgan fingerprint density at radius 1 is 1.22 bits per heavy atom. The molecule has 7 heteroatoms. The van der Waals surface area contributed by atoms with E-state index in [-0.39, 0.29) is 18.0 Å². The molecule has 1 amide bonds. The summed E-state index contributed by atoms with van der Waals surface area (Å²) in [6.07, 6.45) is 4.79. The fraction of sp³-hybridized carbons (Fsp3) is 0.350. The highest BCUT2D eigenvalue weighted by Crippen LogP contribution is 2.22. The second-order valence-electron chi connectivity index (χ2n) is 6.75. The van der Waals surface area contributed by atoms with Crippen molar-refractivity contribution < 1.29 is 4.79 Å². The van der Waals surface area contributed by atoms with Crippen LogP contribution in [-0.2, 0) is 17.8 Å². The number of nitrogens with zero attached hydrogens (tertiary/aromatic N) is 3. The molecule has 27 heavy (non-hydrogen) atoms. The topological polar surface area (TPSA) is 67.2 Å². The van der Waals surface area contributed by atoms with E-state index < -0.39 is 0 Å². The Hall–Kier alpha value is -2.67. The van der Waals surface area contributed by atoms with Crippen LogP contribution >= 0.6 is 11.3 Å². The van der Waals surface area contributed by atoms with Gasteiger partial charge in [-0.3, -0.25) is 14.2 Å². The maximum Gasteiger partial charge on any atom is 0.262 e. The number of amides is 1. The number of aryl methyl sites for hydroxylation is 1. The lowest BCUT2D eigenvalue weighted by Crippen LogP contribution is -2.27. The zero-order valence-electron chi connectivity index (χ0n) is 15.3. The lowest BCUT2D eigenvalue weighted by atomic mass is 10.2. The second-order valence-corrected chi connectivity index (χ2v) is 7.87. The predicted molar refractivity (Wildman–Crippen MR) is 110 cm³/mol. The number of fused-ring (bicyclic) bond motifs is 1. The van der Waals surface area contributed by atoms with E-state index in [1.54, 1.807) is 0 Å². The van der Waals surface area contributed by atoms with Gasteiger partial charge in [0, 0.05) is 29.3 Å². The minimum atomic E-state index is -0.238. The summed E-state index contributed by atoms with van der Waals surface area (Å²) in [7, 11) is 0. The minimum absolute atomic E-state index is 0.0487. The summed E-state index contributed by atoms with van der Waals surface area (Å²) in [4.78, 5) is 33.5. The Kier molecular flexibility index (Phi) is 4.94. The molecule has 3 heterocycles. The first kappa shape index (κ1) is 17.7. The van der Waals surface area contributed by atoms with Crippen molar-refractivity contribution in [1.29, 1.82) is 0 Å². The van der Waals surface area contributed by atoms with Gasteiger partial charge in [-0.2, -0.15) is 0 Å². The average molecular weight is 382 g/mol. The average Bonchev–Trinajstić information content (AvgIpc) is 3.34. The SMILES string of the molecule is CCc1cc2c(=O)n(CC(=O)Nc3ccc(N4CCCC4)cc3)cnc2s1. The summed E-state index contributed by atoms with van der Waals surface area (Å²) < 4.78 is 1.36. The highest BCUT2D eigenvalue weighted by Gasteiger charge is 2.13. The first-order valence-corrected chi connectivity index (χ1v) is 10.1. The molecular weight excluding hydrogens is 360 g/mol. The number of anilines is 2. The number of hydrogen-bond donors (Lipinski definition) is 1. The third-order valence-electron chi connectivity index (χ3n) is 4.85. The van der Waals surface area contributed by atoms with Gasteiger partial charge in [-0.1, -0.05) is 6.92 Å². The summed E-state index contributed by atoms with van der Waals surface area (Å²) in [5.41, 5.74) is 1.74. The van der Waals surface area contributed by atoms with E-state index in [1.165, 1.54) is 40.8 Å². The highest BCUT2D eigenvalue weighted by atomic mass is 32.1. The van der Waals surface area contributed by atoms with Gasteiger partial charge in [0.1, 0.15) is 11.4 Å². The van der Waals surface area contributed by atoms with E-state index in [0.717, 1.165) is 34.9 Å². The van der Waals surface area contributed by atoms with E-state index >= 15 is 0 Å². The molecule has 3 aromatic rings. The van der Waals surface area contributed by atoms with Gasteiger partial charge >= 0.3 is 0 Å². The molecule has 1 aliphatic heterocycles. The van der Waals surface area contributed by atoms with Crippen molar-refractivity contribution in [2.45, 2.75) is 32.7 Å². The molecule has 0 aliphatic carbocycles. The second kappa shape index (κ2) is 7.52. The first-order valence-electron chi connectivity index (χ1n) is 9.27. The van der Waals surface area contributed by atoms with E-state index in [4.69, 9.17) is 0 Å². The van der Waals surface area contributed by atoms with Crippen molar-refractivity contribution >= 4 is 38.8 Å². The molecule has 1 fully saturated rings. The standard InChI is InChI=1S/C20H22N4O2S/c1-2-16-11-17-19(27-16)21-13-24(20(17)26)12-18(25)22-14-5-7-15(8-6-14)23-9-3-4-10-23/h5-8,11,13H,2-4,9-10,12H2,1H3,(H,22,25). The third kappa shape index (κ3) is 3.73. The van der Waals surface area contributed by atoms with Gasteiger partial charge in [0.25, 0.3) is 5.56 Å². The normalized spacial score (nSPS) is 14.0. The van der Waals surface area contributed by atoms with Gasteiger partial charge in [0.05, 0.1) is 11.7 Å². The molecule has 0 spiro atoms. The van der Waals surface area contributed by atoms with Crippen LogP contribution in [0.15, 0.2) is 41.5 Å². The largest absolute Gasteiger partial charge is 0.372 e. The molecule has 1 saturated heterocycles. The first-order chi connectivity index (χ1) is 13.1. The molecule has 0 unspecified atom stereocenters. The lowest BCUT2D eigenvalue weighted by molar-refractivity contribution is -0.116. The molecular formula is C20H22N4O2S. The van der Waals surface area contributed by atoms with Crippen molar-refractivity contribution in [2.24, 2.45) is 0 Å². The van der Waals surface area contributed by atoms with Crippen LogP contribution in [-0.4, -0.2) is 28.5 Å². The van der Waals surface area contributed by atoms with Crippen LogP contribution in [0.3, 0.4) is 0 Å². The summed E-state index contributed by atoms with van der Waals surface area (Å²) in [5.74, 6) is -0.238. The number of benzene rings is 1. The minimum Gasteiger partial charge on any atom is -0.372 e. The molecule has 6 nitrogen and oxygen atoms in total. The Balaban J connectivity index is 1.45. The molecule has 0 atom stereocenters. The summed E-state index contributed by atoms with van der Waals surface area (Å²) in [6.45, 7) is 4.18. The van der Waals surface area contributed by atoms with Crippen LogP contribution in [0, 0.1) is 0 Å². The molecule has 0 radical (unpaired) electrons. The zero-order chi connectivity index (χ0) is 18.8. The maximum atomic E-state index is 12.6. The van der Waals surface area contributed by atoms with E-state index in [2.05, 4.69) is 15.2 Å². The van der Waals surface area contributed by atoms with Gasteiger partial charge in [-0.15, -0.1) is 11.3 Å². The Labute approximate surface area is 161 Å². The van der Waals surface area contributed by atoms with E-state index in [9.17, 15) is 9.59 Å². The van der Waals surface area contributed by atoms with E-state index in [1.807, 2.05) is 37.3 Å². The molecule has 140 valence electrons. The van der Waals surface area contributed by atoms with E-state index in [0.29, 0.717) is 5.39 Å². The van der Waals surface area contributed by atoms with Crippen molar-refractivity contribution in [3.05, 3.63) is 51.9 Å². The van der Waals surface area contributed by atoms with Gasteiger partial charge in [0.15, 0.2) is 0 Å². The van der Waals surface area contributed by atoms with Crippen molar-refractivity contribution in [1.82, 2.24) is 9.55 Å². The number of carbonyl (C=O) groups is 1. The van der Waals surface area contributed by atoms with Gasteiger partial charge in [-0.05, 0) is 49.6 Å². The molecule has 0 saturated carbocycles. The monoisotopic (exact) mass is 382 g/mol. The fourth-order valence-electron chi connectivity index (χ4n) is 3.38. The molecule has 2 aromatic heterocycles. The lowest BCUT2D eigenvalue weighted by Gasteiger charge is -2.17. The summed E-state index contributed by atoms with van der Waals surface area (Å²) in [6, 6.07) is 9.74. The Morgan fingerprint density at radius 2 is 1.96 bits per heavy atom. The van der Waals surface area contributed by atoms with Gasteiger partial charge < -0.3 is 10.2 Å². The number of carbonyl (C=O) groups excluding carboxylic acids is 1. The van der Waals surface area contributed by atoms with Crippen molar-refractivity contribution in [3.63, 3.8) is 0 Å². The Morgan fingerprint density at radius 3 is 2.67 bits per heavy atom. The van der Waals surface area contributed by atoms with Crippen molar-refractivity contribution in [2.75, 3.05) is 23.3 Å². The third-order valence-corrected chi connectivity index (χ3v) is 6.04. The van der Waals surface area contributed by atoms with Crippen LogP contribution in [0.2, 0.25) is 0 Å². The van der Waals surface area contributed by atoms with Crippen LogP contribution in [0.4, 0.5) is 11.4 Å². The molecule has 0 bridgehead atoms. The molecule has 4 rings (SSSR count). The maximum absolute atomic E-state index is 12.6. The number of rotatable bonds is 5. The van der Waals surface area contributed by atoms with Crippen molar-refractivity contribution in [3.8, 4) is 0 Å². The highest BCUT2D eigenvalue weighted by molar-refractivity contribution is 7.18. The number of thiophene rings is 1. The van der Waals surface area contributed by atoms with Crippen LogP contribution in [0.5, 0.6) is 0 Å². The van der Waals surface area contributed by atoms with Gasteiger partial charge in [0.2, 0.25) is 5.91 Å². The number of nitrogens with one attached hydrogen (secondary N) is 1. The molecule has 1 N–H and O–H groups in total. The zero-order valence-corrected chi connectivity index (χ0v) is 16.1. The molecule has 1 aliphatic rings.